The largest absolute Gasteiger partial charge is 0.446 e. The van der Waals surface area contributed by atoms with Crippen molar-refractivity contribution in [1.29, 1.82) is 0 Å². The van der Waals surface area contributed by atoms with Crippen molar-refractivity contribution in [2.24, 2.45) is 0 Å². The first-order chi connectivity index (χ1) is 5.88. The topological polar surface area (TPSA) is 48.0 Å². The van der Waals surface area contributed by atoms with Gasteiger partial charge in [0.05, 0.1) is 5.69 Å². The molecule has 1 aromatic heterocycles. The molecule has 0 aliphatic heterocycles. The number of nitrogens with zero attached hydrogens (tertiary/aromatic N) is 2. The Morgan fingerprint density at radius 1 is 1.25 bits per heavy atom. The maximum absolute atomic E-state index is 11.0. The highest BCUT2D eigenvalue weighted by molar-refractivity contribution is 5.29. The summed E-state index contributed by atoms with van der Waals surface area (Å²) < 4.78 is 5.71. The predicted octanol–water partition coefficient (Wildman–Crippen LogP) is 0.826. The van der Waals surface area contributed by atoms with Crippen molar-refractivity contribution in [1.82, 2.24) is 9.72 Å². The Hall–Kier alpha value is -1.84. The van der Waals surface area contributed by atoms with E-state index in [0.717, 1.165) is 5.69 Å². The fraction of sp³-hybridized carbons (Fsp3) is 0. The fourth-order valence-electron chi connectivity index (χ4n) is 0.968. The van der Waals surface area contributed by atoms with Crippen LogP contribution in [0.4, 0.5) is 0 Å². The van der Waals surface area contributed by atoms with Crippen LogP contribution < -0.4 is 5.76 Å². The lowest BCUT2D eigenvalue weighted by molar-refractivity contribution is 0.382. The molecule has 2 rings (SSSR count). The van der Waals surface area contributed by atoms with Gasteiger partial charge in [0.1, 0.15) is 6.33 Å². The van der Waals surface area contributed by atoms with Crippen molar-refractivity contribution in [2.75, 3.05) is 0 Å². The molecule has 0 aliphatic carbocycles. The maximum atomic E-state index is 11.0. The molecule has 0 saturated heterocycles. The molecule has 0 aliphatic rings. The molecule has 0 saturated carbocycles. The molecule has 4 heteroatoms. The molecule has 4 nitrogen and oxygen atoms in total. The number of hydrogen-bond donors (Lipinski definition) is 0. The minimum absolute atomic E-state index is 0.471. The lowest BCUT2D eigenvalue weighted by atomic mass is 10.3. The average molecular weight is 162 g/mol. The summed E-state index contributed by atoms with van der Waals surface area (Å²) in [5, 5.41) is 3.37. The molecule has 2 aromatic rings. The summed E-state index contributed by atoms with van der Waals surface area (Å²) in [6.45, 7) is 0. The van der Waals surface area contributed by atoms with Crippen LogP contribution >= 0.6 is 0 Å². The summed E-state index contributed by atoms with van der Waals surface area (Å²) in [6, 6.07) is 9.17. The van der Waals surface area contributed by atoms with Crippen molar-refractivity contribution in [3.05, 3.63) is 47.2 Å². The van der Waals surface area contributed by atoms with Crippen molar-refractivity contribution in [3.8, 4) is 5.69 Å². The molecular formula is C8H6N2O2. The molecule has 1 aromatic carbocycles. The maximum Gasteiger partial charge on any atom is 0.446 e. The Kier molecular flexibility index (Phi) is 1.51. The van der Waals surface area contributed by atoms with Crippen LogP contribution in [0, 0.1) is 0 Å². The molecule has 12 heavy (non-hydrogen) atoms. The Balaban J connectivity index is 2.59. The standard InChI is InChI=1S/C8H6N2O2/c11-8-10(6-9-12-8)7-4-2-1-3-5-7/h1-6H. The first-order valence-electron chi connectivity index (χ1n) is 3.47. The molecular weight excluding hydrogens is 156 g/mol. The summed E-state index contributed by atoms with van der Waals surface area (Å²) in [6.07, 6.45) is 1.34. The normalized spacial score (nSPS) is 10.0. The van der Waals surface area contributed by atoms with Gasteiger partial charge in [-0.15, -0.1) is 0 Å². The Labute approximate surface area is 68.0 Å². The van der Waals surface area contributed by atoms with Crippen LogP contribution in [0.2, 0.25) is 0 Å². The number of benzene rings is 1. The van der Waals surface area contributed by atoms with Crippen LogP contribution in [0.5, 0.6) is 0 Å². The minimum atomic E-state index is -0.471. The molecule has 0 radical (unpaired) electrons. The Bertz CT molecular complexity index is 416. The zero-order valence-corrected chi connectivity index (χ0v) is 6.18. The molecule has 0 fully saturated rings. The van der Waals surface area contributed by atoms with Gasteiger partial charge in [-0.25, -0.2) is 9.36 Å². The van der Waals surface area contributed by atoms with E-state index in [-0.39, 0.29) is 0 Å². The van der Waals surface area contributed by atoms with Gasteiger partial charge in [-0.05, 0) is 12.1 Å². The monoisotopic (exact) mass is 162 g/mol. The van der Waals surface area contributed by atoms with E-state index in [0.29, 0.717) is 0 Å². The van der Waals surface area contributed by atoms with E-state index in [1.807, 2.05) is 18.2 Å². The molecule has 0 atom stereocenters. The van der Waals surface area contributed by atoms with Gasteiger partial charge in [0.2, 0.25) is 0 Å². The van der Waals surface area contributed by atoms with E-state index in [1.165, 1.54) is 10.9 Å². The summed E-state index contributed by atoms with van der Waals surface area (Å²) in [5.74, 6) is -0.471. The van der Waals surface area contributed by atoms with E-state index in [9.17, 15) is 4.79 Å². The second-order valence-corrected chi connectivity index (χ2v) is 2.28. The van der Waals surface area contributed by atoms with E-state index in [4.69, 9.17) is 0 Å². The number of aromatic nitrogens is 2. The van der Waals surface area contributed by atoms with Gasteiger partial charge in [-0.2, -0.15) is 0 Å². The van der Waals surface area contributed by atoms with Crippen LogP contribution in [0.3, 0.4) is 0 Å². The molecule has 0 amide bonds. The van der Waals surface area contributed by atoms with E-state index < -0.39 is 5.76 Å². The summed E-state index contributed by atoms with van der Waals surface area (Å²) in [4.78, 5) is 11.0. The van der Waals surface area contributed by atoms with Crippen molar-refractivity contribution in [3.63, 3.8) is 0 Å². The number of rotatable bonds is 1. The van der Waals surface area contributed by atoms with Crippen LogP contribution in [-0.2, 0) is 0 Å². The SMILES string of the molecule is O=c1oncn1-c1ccccc1. The second kappa shape index (κ2) is 2.65. The van der Waals surface area contributed by atoms with Crippen LogP contribution in [0.1, 0.15) is 0 Å². The van der Waals surface area contributed by atoms with Gasteiger partial charge < -0.3 is 0 Å². The zero-order chi connectivity index (χ0) is 8.39. The van der Waals surface area contributed by atoms with Crippen molar-refractivity contribution >= 4 is 0 Å². The van der Waals surface area contributed by atoms with Crippen molar-refractivity contribution < 1.29 is 4.52 Å². The van der Waals surface area contributed by atoms with Crippen molar-refractivity contribution in [2.45, 2.75) is 0 Å². The summed E-state index contributed by atoms with van der Waals surface area (Å²) >= 11 is 0. The van der Waals surface area contributed by atoms with Gasteiger partial charge in [-0.1, -0.05) is 23.4 Å². The second-order valence-electron chi connectivity index (χ2n) is 2.28. The Morgan fingerprint density at radius 2 is 2.00 bits per heavy atom. The summed E-state index contributed by atoms with van der Waals surface area (Å²) in [5.41, 5.74) is 0.753. The molecule has 0 N–H and O–H groups in total. The predicted molar refractivity (Wildman–Crippen MR) is 42.1 cm³/mol. The van der Waals surface area contributed by atoms with E-state index in [2.05, 4.69) is 9.68 Å². The molecule has 60 valence electrons. The fourth-order valence-corrected chi connectivity index (χ4v) is 0.968. The third-order valence-electron chi connectivity index (χ3n) is 1.52. The highest BCUT2D eigenvalue weighted by atomic mass is 16.5. The average Bonchev–Trinajstić information content (AvgIpc) is 2.53. The molecule has 0 bridgehead atoms. The van der Waals surface area contributed by atoms with Gasteiger partial charge in [0.15, 0.2) is 0 Å². The third-order valence-corrected chi connectivity index (χ3v) is 1.52. The third kappa shape index (κ3) is 1.03. The molecule has 0 unspecified atom stereocenters. The smallest absolute Gasteiger partial charge is 0.296 e. The van der Waals surface area contributed by atoms with Crippen LogP contribution in [0.25, 0.3) is 5.69 Å². The Morgan fingerprint density at radius 3 is 2.58 bits per heavy atom. The zero-order valence-electron chi connectivity index (χ0n) is 6.18. The quantitative estimate of drug-likeness (QED) is 0.623. The highest BCUT2D eigenvalue weighted by Gasteiger charge is 1.99. The minimum Gasteiger partial charge on any atom is -0.296 e. The van der Waals surface area contributed by atoms with Gasteiger partial charge in [-0.3, -0.25) is 4.52 Å². The van der Waals surface area contributed by atoms with E-state index in [1.54, 1.807) is 12.1 Å². The van der Waals surface area contributed by atoms with Crippen LogP contribution in [0.15, 0.2) is 46.0 Å². The first-order valence-corrected chi connectivity index (χ1v) is 3.47. The number of hydrogen-bond acceptors (Lipinski definition) is 3. The van der Waals surface area contributed by atoms with Gasteiger partial charge >= 0.3 is 5.76 Å². The molecule has 1 heterocycles. The lowest BCUT2D eigenvalue weighted by Gasteiger charge is -1.95. The molecule has 0 spiro atoms. The van der Waals surface area contributed by atoms with Gasteiger partial charge in [0.25, 0.3) is 0 Å². The van der Waals surface area contributed by atoms with Crippen LogP contribution in [-0.4, -0.2) is 9.72 Å². The highest BCUT2D eigenvalue weighted by Crippen LogP contribution is 2.01. The van der Waals surface area contributed by atoms with E-state index >= 15 is 0 Å². The lowest BCUT2D eigenvalue weighted by Crippen LogP contribution is -2.10. The number of para-hydroxylation sites is 1. The van der Waals surface area contributed by atoms with Gasteiger partial charge in [0, 0.05) is 0 Å². The summed E-state index contributed by atoms with van der Waals surface area (Å²) in [7, 11) is 0. The first kappa shape index (κ1) is 6.84.